The first-order valence-electron chi connectivity index (χ1n) is 12.2. The van der Waals surface area contributed by atoms with Crippen LogP contribution in [0, 0.1) is 11.8 Å². The number of nitrogens with zero attached hydrogens (tertiary/aromatic N) is 5. The van der Waals surface area contributed by atoms with Crippen molar-refractivity contribution in [3.8, 4) is 11.8 Å². The number of ether oxygens (including phenoxy) is 1. The van der Waals surface area contributed by atoms with E-state index in [4.69, 9.17) is 10.5 Å². The van der Waals surface area contributed by atoms with Crippen molar-refractivity contribution in [1.82, 2.24) is 35.1 Å². The van der Waals surface area contributed by atoms with Crippen molar-refractivity contribution in [2.45, 2.75) is 75.1 Å². The van der Waals surface area contributed by atoms with Crippen molar-refractivity contribution in [2.24, 2.45) is 0 Å². The highest BCUT2D eigenvalue weighted by Crippen LogP contribution is 2.33. The number of nitrogens with two attached hydrogens (primary N) is 1. The number of urea groups is 1. The molecule has 13 nitrogen and oxygen atoms in total. The molecule has 2 aromatic rings. The number of aliphatic hydroxyl groups excluding tert-OH is 2. The van der Waals surface area contributed by atoms with E-state index in [0.717, 1.165) is 38.5 Å². The average Bonchev–Trinajstić information content (AvgIpc) is 3.22. The van der Waals surface area contributed by atoms with Crippen LogP contribution in [-0.4, -0.2) is 90.6 Å². The van der Waals surface area contributed by atoms with Crippen molar-refractivity contribution < 1.29 is 24.5 Å². The summed E-state index contributed by atoms with van der Waals surface area (Å²) in [7, 11) is 1.59. The molecule has 1 saturated heterocycles. The molecule has 0 bridgehead atoms. The number of hydrogen-bond donors (Lipinski definition) is 5. The number of nitrogens with one attached hydrogen (secondary N) is 2. The van der Waals surface area contributed by atoms with E-state index < -0.39 is 30.4 Å². The number of fused-ring (bicyclic) bond motifs is 1. The molecule has 1 aliphatic heterocycles. The summed E-state index contributed by atoms with van der Waals surface area (Å²) in [5.74, 6) is 5.54. The van der Waals surface area contributed by atoms with E-state index in [2.05, 4.69) is 37.4 Å². The van der Waals surface area contributed by atoms with Gasteiger partial charge in [0.05, 0.1) is 12.9 Å². The van der Waals surface area contributed by atoms with Crippen LogP contribution in [-0.2, 0) is 9.53 Å². The minimum Gasteiger partial charge on any atom is -0.387 e. The zero-order valence-corrected chi connectivity index (χ0v) is 19.9. The second-order valence-corrected chi connectivity index (χ2v) is 9.39. The van der Waals surface area contributed by atoms with Gasteiger partial charge in [-0.25, -0.2) is 19.7 Å². The van der Waals surface area contributed by atoms with Crippen LogP contribution in [0.1, 0.15) is 50.6 Å². The second kappa shape index (κ2) is 9.88. The number of nitrogen functional groups attached to an aromatic ring is 1. The topological polar surface area (TPSA) is 181 Å². The third-order valence-corrected chi connectivity index (χ3v) is 6.83. The summed E-state index contributed by atoms with van der Waals surface area (Å²) in [5.41, 5.74) is 6.60. The van der Waals surface area contributed by atoms with Gasteiger partial charge in [-0.2, -0.15) is 0 Å². The minimum atomic E-state index is -1.42. The maximum atomic E-state index is 12.4. The Kier molecular flexibility index (Phi) is 6.65. The first kappa shape index (κ1) is 24.2. The number of carbonyl (C=O) groups is 2. The lowest BCUT2D eigenvalue weighted by atomic mass is 10.1. The molecule has 4 atom stereocenters. The van der Waals surface area contributed by atoms with Crippen molar-refractivity contribution in [3.05, 3.63) is 12.2 Å². The highest BCUT2D eigenvalue weighted by atomic mass is 16.6. The molecule has 3 amide bonds. The number of anilines is 1. The fourth-order valence-corrected chi connectivity index (χ4v) is 4.73. The van der Waals surface area contributed by atoms with Gasteiger partial charge in [-0.1, -0.05) is 18.8 Å². The number of aliphatic hydroxyl groups is 2. The molecule has 2 aliphatic carbocycles. The first-order valence-corrected chi connectivity index (χ1v) is 12.2. The van der Waals surface area contributed by atoms with E-state index in [1.807, 2.05) is 0 Å². The van der Waals surface area contributed by atoms with E-state index in [0.29, 0.717) is 0 Å². The van der Waals surface area contributed by atoms with E-state index in [1.54, 1.807) is 11.9 Å². The van der Waals surface area contributed by atoms with Gasteiger partial charge in [-0.15, -0.1) is 0 Å². The van der Waals surface area contributed by atoms with Crippen LogP contribution < -0.4 is 16.4 Å². The van der Waals surface area contributed by atoms with E-state index in [1.165, 1.54) is 10.9 Å². The Hall–Kier alpha value is -3.47. The third kappa shape index (κ3) is 4.67. The Morgan fingerprint density at radius 3 is 2.67 bits per heavy atom. The largest absolute Gasteiger partial charge is 0.387 e. The molecule has 6 N–H and O–H groups in total. The third-order valence-electron chi connectivity index (χ3n) is 6.83. The molecular formula is C23H30N8O5. The Labute approximate surface area is 207 Å². The lowest BCUT2D eigenvalue weighted by Crippen LogP contribution is -2.44. The standard InChI is InChI=1S/C23H30N8O5/c1-25-23(35)30(13-5-2-3-6-13)10-4-7-14-28-19(24)15-20(29-14)31(11-26-15)22-17(33)16(32)18(36-22)21(34)27-12-8-9-12/h11-13,16-18,22,32-33H,2-3,5-6,8-10H2,1H3,(H,25,35)(H,27,34)(H2,24,28,29)/t16?,17?,18-,22+/m0/s1. The number of amides is 3. The fraction of sp³-hybridized carbons (Fsp3) is 0.609. The lowest BCUT2D eigenvalue weighted by molar-refractivity contribution is -0.137. The number of rotatable bonds is 5. The van der Waals surface area contributed by atoms with Crippen LogP contribution in [0.4, 0.5) is 10.6 Å². The van der Waals surface area contributed by atoms with Gasteiger partial charge in [0.2, 0.25) is 5.82 Å². The Balaban J connectivity index is 1.37. The molecule has 13 heteroatoms. The molecule has 2 unspecified atom stereocenters. The highest BCUT2D eigenvalue weighted by Gasteiger charge is 2.48. The quantitative estimate of drug-likeness (QED) is 0.331. The van der Waals surface area contributed by atoms with E-state index >= 15 is 0 Å². The summed E-state index contributed by atoms with van der Waals surface area (Å²) in [5, 5.41) is 26.5. The van der Waals surface area contributed by atoms with Gasteiger partial charge < -0.3 is 36.2 Å². The summed E-state index contributed by atoms with van der Waals surface area (Å²) in [6.45, 7) is 0.208. The van der Waals surface area contributed by atoms with Gasteiger partial charge in [-0.05, 0) is 31.6 Å². The number of hydrogen-bond acceptors (Lipinski definition) is 9. The van der Waals surface area contributed by atoms with Crippen LogP contribution in [0.5, 0.6) is 0 Å². The van der Waals surface area contributed by atoms with Gasteiger partial charge in [0.15, 0.2) is 23.8 Å². The van der Waals surface area contributed by atoms with Crippen LogP contribution in [0.2, 0.25) is 0 Å². The smallest absolute Gasteiger partial charge is 0.318 e. The molecule has 0 spiro atoms. The average molecular weight is 499 g/mol. The minimum absolute atomic E-state index is 0.0815. The summed E-state index contributed by atoms with van der Waals surface area (Å²) in [4.78, 5) is 39.3. The predicted octanol–water partition coefficient (Wildman–Crippen LogP) is -0.758. The van der Waals surface area contributed by atoms with Crippen molar-refractivity contribution in [1.29, 1.82) is 0 Å². The lowest BCUT2D eigenvalue weighted by Gasteiger charge is -2.26. The van der Waals surface area contributed by atoms with Crippen molar-refractivity contribution >= 4 is 28.9 Å². The van der Waals surface area contributed by atoms with Gasteiger partial charge in [0.1, 0.15) is 17.7 Å². The van der Waals surface area contributed by atoms with Crippen LogP contribution in [0.3, 0.4) is 0 Å². The molecule has 3 fully saturated rings. The first-order chi connectivity index (χ1) is 17.4. The van der Waals surface area contributed by atoms with E-state index in [-0.39, 0.29) is 47.5 Å². The number of imidazole rings is 1. The summed E-state index contributed by atoms with van der Waals surface area (Å²) < 4.78 is 7.15. The van der Waals surface area contributed by atoms with Crippen LogP contribution >= 0.6 is 0 Å². The summed E-state index contributed by atoms with van der Waals surface area (Å²) in [6, 6.07) is 0.0447. The molecule has 3 aliphatic rings. The van der Waals surface area contributed by atoms with Crippen LogP contribution in [0.25, 0.3) is 11.2 Å². The molecule has 36 heavy (non-hydrogen) atoms. The number of carbonyl (C=O) groups excluding carboxylic acids is 2. The normalized spacial score (nSPS) is 26.0. The van der Waals surface area contributed by atoms with Gasteiger partial charge in [-0.3, -0.25) is 9.36 Å². The molecule has 2 aromatic heterocycles. The Morgan fingerprint density at radius 1 is 1.22 bits per heavy atom. The predicted molar refractivity (Wildman–Crippen MR) is 127 cm³/mol. The molecule has 5 rings (SSSR count). The SMILES string of the molecule is CNC(=O)N(CC#Cc1nc(N)c2ncn([C@@H]3O[C@H](C(=O)NC4CC4)C(O)C3O)c2n1)C1CCCC1. The van der Waals surface area contributed by atoms with Gasteiger partial charge in [0.25, 0.3) is 5.91 Å². The zero-order valence-electron chi connectivity index (χ0n) is 19.9. The zero-order chi connectivity index (χ0) is 25.4. The summed E-state index contributed by atoms with van der Waals surface area (Å²) >= 11 is 0. The molecule has 0 radical (unpaired) electrons. The maximum absolute atomic E-state index is 12.4. The highest BCUT2D eigenvalue weighted by molar-refractivity contribution is 5.83. The molecule has 0 aromatic carbocycles. The number of aromatic nitrogens is 4. The Morgan fingerprint density at radius 2 is 1.97 bits per heavy atom. The summed E-state index contributed by atoms with van der Waals surface area (Å²) in [6.07, 6.45) is 2.03. The van der Waals surface area contributed by atoms with Crippen LogP contribution in [0.15, 0.2) is 6.33 Å². The maximum Gasteiger partial charge on any atom is 0.318 e. The molecule has 192 valence electrons. The molecule has 3 heterocycles. The Bertz CT molecular complexity index is 1210. The second-order valence-electron chi connectivity index (χ2n) is 9.39. The van der Waals surface area contributed by atoms with Gasteiger partial charge in [0, 0.05) is 19.1 Å². The fourth-order valence-electron chi connectivity index (χ4n) is 4.73. The van der Waals surface area contributed by atoms with E-state index in [9.17, 15) is 19.8 Å². The van der Waals surface area contributed by atoms with Gasteiger partial charge >= 0.3 is 6.03 Å². The van der Waals surface area contributed by atoms with Crippen molar-refractivity contribution in [3.63, 3.8) is 0 Å². The molecule has 2 saturated carbocycles. The monoisotopic (exact) mass is 498 g/mol. The van der Waals surface area contributed by atoms with Crippen molar-refractivity contribution in [2.75, 3.05) is 19.3 Å². The molecular weight excluding hydrogens is 468 g/mol.